The van der Waals surface area contributed by atoms with Crippen molar-refractivity contribution < 1.29 is 13.9 Å². The molecule has 6 nitrogen and oxygen atoms in total. The van der Waals surface area contributed by atoms with E-state index in [9.17, 15) is 9.18 Å². The van der Waals surface area contributed by atoms with E-state index < -0.39 is 5.82 Å². The van der Waals surface area contributed by atoms with Crippen molar-refractivity contribution in [2.75, 3.05) is 7.11 Å². The summed E-state index contributed by atoms with van der Waals surface area (Å²) in [5.74, 6) is 0.742. The number of halogens is 1. The van der Waals surface area contributed by atoms with Crippen molar-refractivity contribution in [3.8, 4) is 34.1 Å². The molecule has 0 aliphatic rings. The third-order valence-electron chi connectivity index (χ3n) is 3.89. The van der Waals surface area contributed by atoms with E-state index in [1.807, 2.05) is 13.8 Å². The van der Waals surface area contributed by atoms with Crippen LogP contribution in [0.15, 0.2) is 47.5 Å². The van der Waals surface area contributed by atoms with Crippen LogP contribution in [0.25, 0.3) is 22.5 Å². The number of aromatic nitrogens is 3. The minimum Gasteiger partial charge on any atom is -0.490 e. The van der Waals surface area contributed by atoms with Crippen LogP contribution < -0.4 is 15.0 Å². The lowest BCUT2D eigenvalue weighted by Crippen LogP contribution is -2.14. The van der Waals surface area contributed by atoms with E-state index in [0.29, 0.717) is 34.1 Å². The van der Waals surface area contributed by atoms with Gasteiger partial charge in [-0.3, -0.25) is 4.79 Å². The number of hydrogen-bond donors (Lipinski definition) is 0. The lowest BCUT2D eigenvalue weighted by molar-refractivity contribution is 0.242. The Morgan fingerprint density at radius 1 is 1.15 bits per heavy atom. The van der Waals surface area contributed by atoms with Crippen molar-refractivity contribution in [3.63, 3.8) is 0 Å². The highest BCUT2D eigenvalue weighted by Crippen LogP contribution is 2.36. The molecule has 27 heavy (non-hydrogen) atoms. The second-order valence-corrected chi connectivity index (χ2v) is 6.29. The van der Waals surface area contributed by atoms with E-state index in [4.69, 9.17) is 9.47 Å². The highest BCUT2D eigenvalue weighted by Gasteiger charge is 2.17. The molecule has 0 aliphatic carbocycles. The molecule has 1 aromatic carbocycles. The van der Waals surface area contributed by atoms with Crippen molar-refractivity contribution in [1.82, 2.24) is 14.5 Å². The molecule has 3 aromatic rings. The van der Waals surface area contributed by atoms with Gasteiger partial charge in [-0.1, -0.05) is 0 Å². The number of nitrogens with zero attached hydrogens (tertiary/aromatic N) is 3. The smallest absolute Gasteiger partial charge is 0.250 e. The first kappa shape index (κ1) is 18.6. The van der Waals surface area contributed by atoms with Gasteiger partial charge in [0.2, 0.25) is 11.4 Å². The third-order valence-corrected chi connectivity index (χ3v) is 3.89. The molecule has 0 N–H and O–H groups in total. The molecule has 0 amide bonds. The Morgan fingerprint density at radius 2 is 1.93 bits per heavy atom. The molecule has 0 fully saturated rings. The zero-order valence-electron chi connectivity index (χ0n) is 15.6. The van der Waals surface area contributed by atoms with E-state index >= 15 is 0 Å². The summed E-state index contributed by atoms with van der Waals surface area (Å²) in [5.41, 5.74) is 1.78. The lowest BCUT2D eigenvalue weighted by Gasteiger charge is -2.16. The van der Waals surface area contributed by atoms with E-state index in [1.54, 1.807) is 31.6 Å². The first-order valence-electron chi connectivity index (χ1n) is 8.43. The van der Waals surface area contributed by atoms with Crippen LogP contribution in [0, 0.1) is 5.82 Å². The Kier molecular flexibility index (Phi) is 5.21. The van der Waals surface area contributed by atoms with Gasteiger partial charge in [-0.25, -0.2) is 9.37 Å². The van der Waals surface area contributed by atoms with Gasteiger partial charge >= 0.3 is 0 Å². The van der Waals surface area contributed by atoms with Gasteiger partial charge in [-0.2, -0.15) is 4.98 Å². The van der Waals surface area contributed by atoms with E-state index in [0.717, 1.165) is 0 Å². The average Bonchev–Trinajstić information content (AvgIpc) is 2.63. The molecule has 0 saturated heterocycles. The molecule has 3 rings (SSSR count). The number of pyridine rings is 1. The molecule has 0 aliphatic heterocycles. The highest BCUT2D eigenvalue weighted by atomic mass is 19.1. The summed E-state index contributed by atoms with van der Waals surface area (Å²) in [6.45, 7) is 3.73. The summed E-state index contributed by atoms with van der Waals surface area (Å²) in [5, 5.41) is 0. The van der Waals surface area contributed by atoms with Crippen molar-refractivity contribution in [1.29, 1.82) is 0 Å². The van der Waals surface area contributed by atoms with Gasteiger partial charge in [-0.05, 0) is 32.0 Å². The zero-order chi connectivity index (χ0) is 19.6. The van der Waals surface area contributed by atoms with Crippen LogP contribution in [0.5, 0.6) is 11.6 Å². The van der Waals surface area contributed by atoms with Gasteiger partial charge in [0.1, 0.15) is 11.6 Å². The molecule has 0 radical (unpaired) electrons. The van der Waals surface area contributed by atoms with Gasteiger partial charge in [0.05, 0.1) is 18.8 Å². The largest absolute Gasteiger partial charge is 0.490 e. The number of benzene rings is 1. The monoisotopic (exact) mass is 369 g/mol. The Bertz CT molecular complexity index is 1030. The molecule has 0 unspecified atom stereocenters. The Morgan fingerprint density at radius 3 is 2.59 bits per heavy atom. The maximum atomic E-state index is 13.7. The second-order valence-electron chi connectivity index (χ2n) is 6.29. The molecular formula is C20H20FN3O3. The van der Waals surface area contributed by atoms with Crippen LogP contribution in [-0.2, 0) is 7.05 Å². The number of rotatable bonds is 5. The Labute approximate surface area is 156 Å². The van der Waals surface area contributed by atoms with E-state index in [2.05, 4.69) is 9.97 Å². The number of aryl methyl sites for hydroxylation is 1. The van der Waals surface area contributed by atoms with Gasteiger partial charge in [0.25, 0.3) is 0 Å². The van der Waals surface area contributed by atoms with Gasteiger partial charge < -0.3 is 14.0 Å². The molecule has 2 aromatic heterocycles. The standard InChI is InChI=1S/C20H20FN3O3/c1-12(2)27-17-9-14(21)6-7-15(17)16-10-22-19(23-20(16)26-4)13-5-8-18(25)24(3)11-13/h5-12H,1-4H3. The van der Waals surface area contributed by atoms with Gasteiger partial charge in [0.15, 0.2) is 5.82 Å². The highest BCUT2D eigenvalue weighted by molar-refractivity contribution is 5.75. The van der Waals surface area contributed by atoms with Crippen LogP contribution in [0.1, 0.15) is 13.8 Å². The average molecular weight is 369 g/mol. The quantitative estimate of drug-likeness (QED) is 0.689. The molecule has 2 heterocycles. The van der Waals surface area contributed by atoms with E-state index in [1.165, 1.54) is 29.9 Å². The first-order valence-corrected chi connectivity index (χ1v) is 8.43. The van der Waals surface area contributed by atoms with Crippen molar-refractivity contribution in [3.05, 3.63) is 58.9 Å². The van der Waals surface area contributed by atoms with Crippen molar-refractivity contribution >= 4 is 0 Å². The van der Waals surface area contributed by atoms with Crippen LogP contribution in [0.3, 0.4) is 0 Å². The van der Waals surface area contributed by atoms with Crippen molar-refractivity contribution in [2.45, 2.75) is 20.0 Å². The number of methoxy groups -OCH3 is 1. The minimum atomic E-state index is -0.392. The molecular weight excluding hydrogens is 349 g/mol. The molecule has 0 spiro atoms. The summed E-state index contributed by atoms with van der Waals surface area (Å²) < 4.78 is 26.3. The molecule has 0 atom stereocenters. The fraction of sp³-hybridized carbons (Fsp3) is 0.250. The SMILES string of the molecule is COc1nc(-c2ccc(=O)n(C)c2)ncc1-c1ccc(F)cc1OC(C)C. The fourth-order valence-corrected chi connectivity index (χ4v) is 2.64. The van der Waals surface area contributed by atoms with Crippen LogP contribution in [-0.4, -0.2) is 27.7 Å². The molecule has 0 saturated carbocycles. The summed E-state index contributed by atoms with van der Waals surface area (Å²) in [6, 6.07) is 7.40. The van der Waals surface area contributed by atoms with Crippen LogP contribution >= 0.6 is 0 Å². The summed E-state index contributed by atoms with van der Waals surface area (Å²) in [7, 11) is 3.16. The minimum absolute atomic E-state index is 0.121. The second kappa shape index (κ2) is 7.57. The lowest BCUT2D eigenvalue weighted by atomic mass is 10.1. The number of ether oxygens (including phenoxy) is 2. The van der Waals surface area contributed by atoms with Crippen LogP contribution in [0.4, 0.5) is 4.39 Å². The Hall–Kier alpha value is -3.22. The normalized spacial score (nSPS) is 10.9. The van der Waals surface area contributed by atoms with Crippen molar-refractivity contribution in [2.24, 2.45) is 7.05 Å². The van der Waals surface area contributed by atoms with Gasteiger partial charge in [0, 0.05) is 42.7 Å². The third kappa shape index (κ3) is 3.97. The first-order chi connectivity index (χ1) is 12.9. The maximum Gasteiger partial charge on any atom is 0.250 e. The molecule has 0 bridgehead atoms. The summed E-state index contributed by atoms with van der Waals surface area (Å²) >= 11 is 0. The summed E-state index contributed by atoms with van der Waals surface area (Å²) in [4.78, 5) is 20.4. The fourth-order valence-electron chi connectivity index (χ4n) is 2.64. The van der Waals surface area contributed by atoms with Crippen LogP contribution in [0.2, 0.25) is 0 Å². The number of hydrogen-bond acceptors (Lipinski definition) is 5. The molecule has 140 valence electrons. The van der Waals surface area contributed by atoms with E-state index in [-0.39, 0.29) is 11.7 Å². The predicted octanol–water partition coefficient (Wildman–Crippen LogP) is 3.44. The zero-order valence-corrected chi connectivity index (χ0v) is 15.6. The topological polar surface area (TPSA) is 66.2 Å². The Balaban J connectivity index is 2.10. The summed E-state index contributed by atoms with van der Waals surface area (Å²) in [6.07, 6.45) is 3.14. The predicted molar refractivity (Wildman–Crippen MR) is 100 cm³/mol. The van der Waals surface area contributed by atoms with Gasteiger partial charge in [-0.15, -0.1) is 0 Å². The molecule has 7 heteroatoms. The maximum absolute atomic E-state index is 13.7.